The van der Waals surface area contributed by atoms with E-state index in [1.165, 1.54) is 40.0 Å². The van der Waals surface area contributed by atoms with E-state index in [-0.39, 0.29) is 75.5 Å². The van der Waals surface area contributed by atoms with Gasteiger partial charge in [0.1, 0.15) is 29.4 Å². The van der Waals surface area contributed by atoms with Crippen LogP contribution in [0.2, 0.25) is 0 Å². The van der Waals surface area contributed by atoms with Crippen LogP contribution >= 0.6 is 23.1 Å². The molecule has 2 aromatic heterocycles. The molecule has 18 nitrogen and oxygen atoms in total. The molecule has 2 amide bonds. The Bertz CT molecular complexity index is 2040. The number of amides is 2. The van der Waals surface area contributed by atoms with Crippen LogP contribution in [-0.2, 0) is 32.4 Å². The van der Waals surface area contributed by atoms with E-state index in [9.17, 15) is 44.3 Å². The first-order chi connectivity index (χ1) is 22.9. The Kier molecular flexibility index (Phi) is 10.3. The second-order valence-electron chi connectivity index (χ2n) is 10.2. The van der Waals surface area contributed by atoms with Gasteiger partial charge in [0.05, 0.1) is 6.54 Å². The van der Waals surface area contributed by atoms with Gasteiger partial charge in [-0.1, -0.05) is 5.16 Å². The third-order valence-electron chi connectivity index (χ3n) is 7.17. The predicted molar refractivity (Wildman–Crippen MR) is 171 cm³/mol. The van der Waals surface area contributed by atoms with Crippen LogP contribution in [0.4, 0.5) is 9.52 Å². The second kappa shape index (κ2) is 14.3. The molecule has 0 saturated carbocycles. The molecule has 1 fully saturated rings. The molecule has 6 rings (SSSR count). The Morgan fingerprint density at radius 1 is 1.14 bits per heavy atom. The molecule has 0 radical (unpaired) electrons. The Balaban J connectivity index is 0.00000468. The molecule has 0 aliphatic carbocycles. The number of fused-ring (bicyclic) bond motifs is 1. The van der Waals surface area contributed by atoms with Gasteiger partial charge in [-0.15, -0.1) is 28.2 Å². The fraction of sp³-hybridized carbons (Fsp3) is 0.185. The number of nitrogens with zero attached hydrogens (tertiary/aromatic N) is 7. The van der Waals surface area contributed by atoms with Crippen molar-refractivity contribution in [3.8, 4) is 34.4 Å². The normalized spacial score (nSPS) is 17.2. The number of aliphatic carboxylic acids is 1. The van der Waals surface area contributed by atoms with Crippen LogP contribution in [0, 0.1) is 5.82 Å². The standard InChI is InChI=1S/C27H22FN9O9S2.Na.H/c28-17-11(2-4-15(39)21(17)41)7-46-33-18(13-9-48-27(29)30-13)23(42)31-19-24(43)37-20(26(44)45)12(8-47-25(19)37)6-36-22(32-34-35-36)10-1-3-14(38)16(40)5-10;;/h1-5,9,19,25,38-41H,6-8H2,(H2,29,30)(H,31,42)(H,44,45);;/b33-18-;;/t19-,25-;;/m1../s1. The molecule has 0 bridgehead atoms. The van der Waals surface area contributed by atoms with Crippen molar-refractivity contribution in [1.29, 1.82) is 0 Å². The van der Waals surface area contributed by atoms with Gasteiger partial charge >= 0.3 is 35.5 Å². The number of thioether (sulfide) groups is 1. The van der Waals surface area contributed by atoms with E-state index in [2.05, 4.69) is 31.0 Å². The summed E-state index contributed by atoms with van der Waals surface area (Å²) in [6.07, 6.45) is 0. The number of benzene rings is 2. The summed E-state index contributed by atoms with van der Waals surface area (Å²) in [5.41, 5.74) is 5.41. The van der Waals surface area contributed by atoms with Gasteiger partial charge in [0.25, 0.3) is 11.8 Å². The van der Waals surface area contributed by atoms with Crippen molar-refractivity contribution < 1.29 is 49.1 Å². The second-order valence-corrected chi connectivity index (χ2v) is 12.2. The van der Waals surface area contributed by atoms with Gasteiger partial charge in [0.15, 0.2) is 45.5 Å². The van der Waals surface area contributed by atoms with Gasteiger partial charge < -0.3 is 41.4 Å². The van der Waals surface area contributed by atoms with Crippen LogP contribution in [0.3, 0.4) is 0 Å². The zero-order valence-corrected chi connectivity index (χ0v) is 25.6. The van der Waals surface area contributed by atoms with Crippen LogP contribution in [-0.4, -0.2) is 126 Å². The molecule has 49 heavy (non-hydrogen) atoms. The SMILES string of the molecule is Nc1nc(/C(=N/OCc2ccc(O)c(O)c2F)C(=O)N[C@@H]2C(=O)N3C(C(=O)O)=C(Cn4nnnc4-c4ccc(O)c(O)c4)CS[C@H]23)cs1.[NaH]. The molecular weight excluding hydrogens is 700 g/mol. The van der Waals surface area contributed by atoms with Crippen LogP contribution in [0.1, 0.15) is 11.3 Å². The molecule has 2 aromatic carbocycles. The Hall–Kier alpha value is -4.96. The van der Waals surface area contributed by atoms with Gasteiger partial charge in [-0.3, -0.25) is 14.5 Å². The number of carboxylic acids is 1. The number of phenolic OH excluding ortho intramolecular Hbond substituents is 4. The minimum atomic E-state index is -1.40. The van der Waals surface area contributed by atoms with Crippen LogP contribution in [0.5, 0.6) is 23.0 Å². The molecule has 0 spiro atoms. The number of rotatable bonds is 10. The number of nitrogens with two attached hydrogens (primary N) is 1. The fourth-order valence-corrected chi connectivity index (χ4v) is 6.73. The van der Waals surface area contributed by atoms with Crippen LogP contribution in [0.25, 0.3) is 11.4 Å². The van der Waals surface area contributed by atoms with E-state index < -0.39 is 64.6 Å². The number of nitrogen functional groups attached to an aromatic ring is 1. The molecule has 0 unspecified atom stereocenters. The number of carboxylic acid groups (broad SMARTS) is 1. The number of thiazole rings is 1. The van der Waals surface area contributed by atoms with Crippen molar-refractivity contribution in [2.45, 2.75) is 24.6 Å². The number of phenols is 4. The van der Waals surface area contributed by atoms with Crippen molar-refractivity contribution in [3.05, 3.63) is 64.1 Å². The number of halogens is 1. The number of aromatic hydroxyl groups is 4. The van der Waals surface area contributed by atoms with E-state index in [4.69, 9.17) is 10.6 Å². The summed E-state index contributed by atoms with van der Waals surface area (Å²) >= 11 is 2.17. The quantitative estimate of drug-likeness (QED) is 0.0375. The molecule has 22 heteroatoms. The average molecular weight is 724 g/mol. The summed E-state index contributed by atoms with van der Waals surface area (Å²) in [4.78, 5) is 49.3. The number of hydrogen-bond donors (Lipinski definition) is 7. The number of aromatic nitrogens is 5. The van der Waals surface area contributed by atoms with Gasteiger partial charge in [-0.25, -0.2) is 18.9 Å². The summed E-state index contributed by atoms with van der Waals surface area (Å²) in [7, 11) is 0. The van der Waals surface area contributed by atoms with Gasteiger partial charge in [-0.05, 0) is 46.3 Å². The van der Waals surface area contributed by atoms with E-state index in [0.717, 1.165) is 28.4 Å². The monoisotopic (exact) mass is 723 g/mol. The predicted octanol–water partition coefficient (Wildman–Crippen LogP) is 0.0515. The number of carbonyl (C=O) groups is 3. The Morgan fingerprint density at radius 2 is 1.90 bits per heavy atom. The number of tetrazole rings is 1. The molecule has 4 heterocycles. The molecule has 1 saturated heterocycles. The van der Waals surface area contributed by atoms with E-state index in [0.29, 0.717) is 11.1 Å². The molecule has 2 atom stereocenters. The topological polar surface area (TPSA) is 272 Å². The third kappa shape index (κ3) is 6.83. The van der Waals surface area contributed by atoms with E-state index in [1.807, 2.05) is 0 Å². The van der Waals surface area contributed by atoms with Gasteiger partial charge in [-0.2, -0.15) is 0 Å². The number of nitrogens with one attached hydrogen (secondary N) is 1. The number of hydrogen-bond acceptors (Lipinski definition) is 16. The van der Waals surface area contributed by atoms with Gasteiger partial charge in [0.2, 0.25) is 0 Å². The molecule has 2 aliphatic heterocycles. The number of β-lactam (4-membered cyclic amide) rings is 1. The molecule has 4 aromatic rings. The maximum atomic E-state index is 14.3. The summed E-state index contributed by atoms with van der Waals surface area (Å²) in [5, 5.41) is 67.1. The van der Waals surface area contributed by atoms with Crippen molar-refractivity contribution in [3.63, 3.8) is 0 Å². The Labute approximate surface area is 304 Å². The molecular formula is C27H23FN9NaO9S2. The fourth-order valence-electron chi connectivity index (χ4n) is 4.85. The van der Waals surface area contributed by atoms with Crippen molar-refractivity contribution >= 4 is 81.3 Å². The third-order valence-corrected chi connectivity index (χ3v) is 9.19. The number of anilines is 1. The zero-order chi connectivity index (χ0) is 34.3. The van der Waals surface area contributed by atoms with Crippen molar-refractivity contribution in [1.82, 2.24) is 35.4 Å². The molecule has 8 N–H and O–H groups in total. The molecule has 250 valence electrons. The van der Waals surface area contributed by atoms with Crippen LogP contribution in [0.15, 0.2) is 52.1 Å². The average Bonchev–Trinajstić information content (AvgIpc) is 3.71. The zero-order valence-electron chi connectivity index (χ0n) is 24.0. The van der Waals surface area contributed by atoms with E-state index >= 15 is 0 Å². The number of oxime groups is 1. The van der Waals surface area contributed by atoms with Crippen LogP contribution < -0.4 is 11.1 Å². The minimum absolute atomic E-state index is 0. The summed E-state index contributed by atoms with van der Waals surface area (Å²) in [6, 6.07) is 4.95. The van der Waals surface area contributed by atoms with Crippen molar-refractivity contribution in [2.75, 3.05) is 11.5 Å². The molecule has 2 aliphatic rings. The Morgan fingerprint density at radius 3 is 2.59 bits per heavy atom. The van der Waals surface area contributed by atoms with Gasteiger partial charge in [0, 0.05) is 22.3 Å². The van der Waals surface area contributed by atoms with E-state index in [1.54, 1.807) is 0 Å². The maximum absolute atomic E-state index is 14.3. The first-order valence-corrected chi connectivity index (χ1v) is 15.5. The summed E-state index contributed by atoms with van der Waals surface area (Å²) in [6.45, 7) is -0.692. The number of carbonyl (C=O) groups excluding carboxylic acids is 2. The first kappa shape index (κ1) is 35.3. The summed E-state index contributed by atoms with van der Waals surface area (Å²) < 4.78 is 15.6. The van der Waals surface area contributed by atoms with Crippen molar-refractivity contribution in [2.24, 2.45) is 5.16 Å². The first-order valence-electron chi connectivity index (χ1n) is 13.5. The summed E-state index contributed by atoms with van der Waals surface area (Å²) in [5.74, 6) is -6.35.